The van der Waals surface area contributed by atoms with Crippen LogP contribution in [-0.2, 0) is 0 Å². The first-order chi connectivity index (χ1) is 15.4. The van der Waals surface area contributed by atoms with Gasteiger partial charge in [-0.15, -0.1) is 0 Å². The number of halogens is 2. The number of fused-ring (bicyclic) bond motifs is 2. The fourth-order valence-electron chi connectivity index (χ4n) is 3.63. The van der Waals surface area contributed by atoms with Crippen molar-refractivity contribution in [2.24, 2.45) is 0 Å². The lowest BCUT2D eigenvalue weighted by atomic mass is 10.0. The van der Waals surface area contributed by atoms with Crippen molar-refractivity contribution < 1.29 is 9.59 Å². The number of nitrogens with one attached hydrogen (secondary N) is 1. The van der Waals surface area contributed by atoms with Gasteiger partial charge in [0.15, 0.2) is 5.16 Å². The number of rotatable bonds is 3. The van der Waals surface area contributed by atoms with Gasteiger partial charge in [-0.2, -0.15) is 0 Å². The molecule has 7 nitrogen and oxygen atoms in total. The van der Waals surface area contributed by atoms with Gasteiger partial charge in [-0.3, -0.25) is 14.4 Å². The number of pyridine rings is 1. The highest BCUT2D eigenvalue weighted by Crippen LogP contribution is 2.42. The topological polar surface area (TPSA) is 96.0 Å². The molecule has 158 valence electrons. The molecule has 32 heavy (non-hydrogen) atoms. The Morgan fingerprint density at radius 1 is 0.969 bits per heavy atom. The summed E-state index contributed by atoms with van der Waals surface area (Å²) in [6.45, 7) is 0. The summed E-state index contributed by atoms with van der Waals surface area (Å²) in [5.74, 6) is -0.989. The van der Waals surface area contributed by atoms with Crippen molar-refractivity contribution in [3.8, 4) is 11.1 Å². The van der Waals surface area contributed by atoms with Crippen molar-refractivity contribution >= 4 is 63.5 Å². The van der Waals surface area contributed by atoms with Gasteiger partial charge >= 0.3 is 0 Å². The predicted octanol–water partition coefficient (Wildman–Crippen LogP) is 4.81. The number of amides is 2. The third-order valence-electron chi connectivity index (χ3n) is 5.13. The summed E-state index contributed by atoms with van der Waals surface area (Å²) in [5.41, 5.74) is 1.01. The van der Waals surface area contributed by atoms with Crippen LogP contribution in [0.3, 0.4) is 0 Å². The molecule has 0 unspecified atom stereocenters. The standard InChI is InChI=1S/C22H12Cl2N4O3S/c1-32-22-25-9-10-8-13(19(29)26-18(10)27-22)16-14(23)6-7-15(17(16)24)28-20(30)11-4-2-3-5-12(11)21(28)31/h2-9H,1H3,(H,25,26,27,29). The zero-order valence-corrected chi connectivity index (χ0v) is 18.7. The molecule has 1 aliphatic rings. The molecule has 1 aliphatic heterocycles. The molecule has 0 spiro atoms. The van der Waals surface area contributed by atoms with Crippen molar-refractivity contribution in [3.63, 3.8) is 0 Å². The highest BCUT2D eigenvalue weighted by Gasteiger charge is 2.38. The van der Waals surface area contributed by atoms with E-state index in [1.165, 1.54) is 23.9 Å². The second-order valence-electron chi connectivity index (χ2n) is 6.92. The zero-order chi connectivity index (χ0) is 22.6. The normalized spacial score (nSPS) is 13.2. The predicted molar refractivity (Wildman–Crippen MR) is 125 cm³/mol. The van der Waals surface area contributed by atoms with E-state index < -0.39 is 17.4 Å². The summed E-state index contributed by atoms with van der Waals surface area (Å²) < 4.78 is 0. The maximum absolute atomic E-state index is 12.9. The van der Waals surface area contributed by atoms with Gasteiger partial charge in [0.2, 0.25) is 0 Å². The van der Waals surface area contributed by atoms with Gasteiger partial charge in [0.25, 0.3) is 17.4 Å². The third-order valence-corrected chi connectivity index (χ3v) is 6.39. The van der Waals surface area contributed by atoms with Gasteiger partial charge in [0, 0.05) is 17.1 Å². The first kappa shape index (κ1) is 20.7. The van der Waals surface area contributed by atoms with Crippen molar-refractivity contribution in [1.82, 2.24) is 15.0 Å². The number of H-pyrrole nitrogens is 1. The molecule has 0 saturated heterocycles. The van der Waals surface area contributed by atoms with Crippen LogP contribution in [0.2, 0.25) is 10.0 Å². The molecule has 10 heteroatoms. The van der Waals surface area contributed by atoms with Gasteiger partial charge < -0.3 is 4.98 Å². The number of thioether (sulfide) groups is 1. The van der Waals surface area contributed by atoms with Crippen molar-refractivity contribution in [3.05, 3.63) is 80.2 Å². The minimum absolute atomic E-state index is 0.0125. The molecular weight excluding hydrogens is 471 g/mol. The lowest BCUT2D eigenvalue weighted by Crippen LogP contribution is -2.29. The minimum atomic E-state index is -0.494. The van der Waals surface area contributed by atoms with Gasteiger partial charge in [0.1, 0.15) is 5.65 Å². The molecule has 5 rings (SSSR count). The lowest BCUT2D eigenvalue weighted by Gasteiger charge is -2.18. The third kappa shape index (κ3) is 3.10. The Kier molecular flexibility index (Phi) is 5.00. The number of imide groups is 1. The number of benzene rings is 2. The van der Waals surface area contributed by atoms with Gasteiger partial charge in [-0.05, 0) is 36.6 Å². The Hall–Kier alpha value is -3.20. The fraction of sp³-hybridized carbons (Fsp3) is 0.0455. The summed E-state index contributed by atoms with van der Waals surface area (Å²) in [4.78, 5) is 51.0. The molecule has 4 aromatic rings. The molecule has 0 aliphatic carbocycles. The maximum Gasteiger partial charge on any atom is 0.266 e. The molecule has 2 aromatic carbocycles. The largest absolute Gasteiger partial charge is 0.306 e. The number of aromatic nitrogens is 3. The van der Waals surface area contributed by atoms with E-state index in [0.717, 1.165) is 4.90 Å². The highest BCUT2D eigenvalue weighted by molar-refractivity contribution is 7.98. The van der Waals surface area contributed by atoms with E-state index in [0.29, 0.717) is 16.2 Å². The van der Waals surface area contributed by atoms with Crippen LogP contribution in [0.15, 0.2) is 58.6 Å². The summed E-state index contributed by atoms with van der Waals surface area (Å²) in [6.07, 6.45) is 3.42. The molecule has 0 fully saturated rings. The Labute approximate surface area is 195 Å². The smallest absolute Gasteiger partial charge is 0.266 e. The molecule has 3 heterocycles. The summed E-state index contributed by atoms with van der Waals surface area (Å²) in [7, 11) is 0. The second-order valence-corrected chi connectivity index (χ2v) is 8.48. The second kappa shape index (κ2) is 7.74. The van der Waals surface area contributed by atoms with E-state index in [9.17, 15) is 14.4 Å². The Balaban J connectivity index is 1.69. The molecule has 0 bridgehead atoms. The SMILES string of the molecule is CSc1ncc2cc(-c3c(Cl)ccc(N4C(=O)c5ccccc5C4=O)c3Cl)c(=O)[nH]c2n1. The molecule has 0 atom stereocenters. The van der Waals surface area contributed by atoms with E-state index in [1.807, 2.05) is 6.26 Å². The molecule has 0 saturated carbocycles. The van der Waals surface area contributed by atoms with Crippen LogP contribution in [0.25, 0.3) is 22.2 Å². The lowest BCUT2D eigenvalue weighted by molar-refractivity contribution is 0.0926. The van der Waals surface area contributed by atoms with E-state index in [4.69, 9.17) is 23.2 Å². The Bertz CT molecular complexity index is 1480. The van der Waals surface area contributed by atoms with Crippen molar-refractivity contribution in [2.75, 3.05) is 11.2 Å². The number of hydrogen-bond acceptors (Lipinski definition) is 6. The molecule has 1 N–H and O–H groups in total. The van der Waals surface area contributed by atoms with Gasteiger partial charge in [0.05, 0.1) is 32.4 Å². The van der Waals surface area contributed by atoms with Crippen LogP contribution in [0.4, 0.5) is 5.69 Å². The quantitative estimate of drug-likeness (QED) is 0.255. The molecular formula is C22H12Cl2N4O3S. The first-order valence-corrected chi connectivity index (χ1v) is 11.3. The minimum Gasteiger partial charge on any atom is -0.306 e. The van der Waals surface area contributed by atoms with Crippen LogP contribution in [0.1, 0.15) is 20.7 Å². The van der Waals surface area contributed by atoms with E-state index in [1.54, 1.807) is 36.5 Å². The Morgan fingerprint density at radius 3 is 2.31 bits per heavy atom. The first-order valence-electron chi connectivity index (χ1n) is 9.31. The highest BCUT2D eigenvalue weighted by atomic mass is 35.5. The number of nitrogens with zero attached hydrogens (tertiary/aromatic N) is 3. The number of carbonyl (C=O) groups excluding carboxylic acids is 2. The van der Waals surface area contributed by atoms with Crippen LogP contribution < -0.4 is 10.5 Å². The van der Waals surface area contributed by atoms with Crippen LogP contribution >= 0.6 is 35.0 Å². The summed E-state index contributed by atoms with van der Waals surface area (Å²) >= 11 is 14.4. The Morgan fingerprint density at radius 2 is 1.66 bits per heavy atom. The molecule has 2 aromatic heterocycles. The van der Waals surface area contributed by atoms with Crippen molar-refractivity contribution in [2.45, 2.75) is 5.16 Å². The van der Waals surface area contributed by atoms with Crippen LogP contribution in [0.5, 0.6) is 0 Å². The average molecular weight is 483 g/mol. The zero-order valence-electron chi connectivity index (χ0n) is 16.3. The van der Waals surface area contributed by atoms with E-state index >= 15 is 0 Å². The summed E-state index contributed by atoms with van der Waals surface area (Å²) in [5, 5.41) is 1.31. The number of hydrogen-bond donors (Lipinski definition) is 1. The summed E-state index contributed by atoms with van der Waals surface area (Å²) in [6, 6.07) is 11.1. The van der Waals surface area contributed by atoms with Crippen LogP contribution in [-0.4, -0.2) is 33.0 Å². The van der Waals surface area contributed by atoms with E-state index in [2.05, 4.69) is 15.0 Å². The average Bonchev–Trinajstić information content (AvgIpc) is 3.04. The maximum atomic E-state index is 12.9. The van der Waals surface area contributed by atoms with Crippen LogP contribution in [0, 0.1) is 0 Å². The van der Waals surface area contributed by atoms with E-state index in [-0.39, 0.29) is 38.0 Å². The number of aromatic amines is 1. The molecule has 2 amide bonds. The van der Waals surface area contributed by atoms with Gasteiger partial charge in [-0.25, -0.2) is 14.9 Å². The monoisotopic (exact) mass is 482 g/mol. The molecule has 0 radical (unpaired) electrons. The van der Waals surface area contributed by atoms with Gasteiger partial charge in [-0.1, -0.05) is 47.1 Å². The van der Waals surface area contributed by atoms with Crippen molar-refractivity contribution in [1.29, 1.82) is 0 Å². The number of carbonyl (C=O) groups is 2. The number of anilines is 1. The fourth-order valence-corrected chi connectivity index (χ4v) is 4.63.